The molecule has 0 saturated carbocycles. The van der Waals surface area contributed by atoms with Gasteiger partial charge in [0.2, 0.25) is 0 Å². The third-order valence-corrected chi connectivity index (χ3v) is 2.71. The molecule has 0 fully saturated rings. The summed E-state index contributed by atoms with van der Waals surface area (Å²) in [6.07, 6.45) is 3.78. The zero-order valence-corrected chi connectivity index (χ0v) is 9.81. The lowest BCUT2D eigenvalue weighted by atomic mass is 10.2. The summed E-state index contributed by atoms with van der Waals surface area (Å²) >= 11 is 3.41. The maximum Gasteiger partial charge on any atom is 0.0659 e. The second-order valence-electron chi connectivity index (χ2n) is 3.38. The molecule has 0 atom stereocenters. The standard InChI is InChI=1S/C11H12BrN3/c12-11-3-1-9(2-4-11)7-15-8-10(5-13)6-14-15/h1-4,6,8H,5,7,13H2. The average Bonchev–Trinajstić information content (AvgIpc) is 2.69. The second kappa shape index (κ2) is 4.59. The van der Waals surface area contributed by atoms with Crippen molar-refractivity contribution in [1.82, 2.24) is 9.78 Å². The number of nitrogens with zero attached hydrogens (tertiary/aromatic N) is 2. The molecule has 1 aromatic heterocycles. The summed E-state index contributed by atoms with van der Waals surface area (Å²) in [5.74, 6) is 0. The van der Waals surface area contributed by atoms with Crippen LogP contribution >= 0.6 is 15.9 Å². The summed E-state index contributed by atoms with van der Waals surface area (Å²) in [6, 6.07) is 8.22. The lowest BCUT2D eigenvalue weighted by Gasteiger charge is -2.01. The van der Waals surface area contributed by atoms with Crippen LogP contribution in [0.25, 0.3) is 0 Å². The molecule has 4 heteroatoms. The van der Waals surface area contributed by atoms with Crippen LogP contribution in [-0.2, 0) is 13.1 Å². The number of benzene rings is 1. The third kappa shape index (κ3) is 2.67. The minimum absolute atomic E-state index is 0.542. The van der Waals surface area contributed by atoms with Gasteiger partial charge in [-0.15, -0.1) is 0 Å². The summed E-state index contributed by atoms with van der Waals surface area (Å²) in [5.41, 5.74) is 7.81. The molecule has 1 aromatic carbocycles. The second-order valence-corrected chi connectivity index (χ2v) is 4.29. The van der Waals surface area contributed by atoms with Crippen LogP contribution in [0.4, 0.5) is 0 Å². The molecule has 0 unspecified atom stereocenters. The van der Waals surface area contributed by atoms with Crippen molar-refractivity contribution in [2.24, 2.45) is 5.73 Å². The highest BCUT2D eigenvalue weighted by Crippen LogP contribution is 2.11. The Kier molecular flexibility index (Phi) is 3.18. The first kappa shape index (κ1) is 10.4. The minimum Gasteiger partial charge on any atom is -0.326 e. The number of nitrogens with two attached hydrogens (primary N) is 1. The monoisotopic (exact) mass is 265 g/mol. The van der Waals surface area contributed by atoms with Crippen LogP contribution in [0.1, 0.15) is 11.1 Å². The highest BCUT2D eigenvalue weighted by Gasteiger charge is 1.98. The fraction of sp³-hybridized carbons (Fsp3) is 0.182. The molecule has 0 radical (unpaired) electrons. The Labute approximate surface area is 97.0 Å². The molecule has 0 amide bonds. The first-order valence-corrected chi connectivity index (χ1v) is 5.53. The molecule has 2 N–H and O–H groups in total. The highest BCUT2D eigenvalue weighted by molar-refractivity contribution is 9.10. The van der Waals surface area contributed by atoms with Gasteiger partial charge in [-0.1, -0.05) is 28.1 Å². The van der Waals surface area contributed by atoms with E-state index in [1.54, 1.807) is 6.20 Å². The molecule has 2 rings (SSSR count). The van der Waals surface area contributed by atoms with Crippen LogP contribution in [0, 0.1) is 0 Å². The van der Waals surface area contributed by atoms with E-state index in [2.05, 4.69) is 33.2 Å². The average molecular weight is 266 g/mol. The van der Waals surface area contributed by atoms with Gasteiger partial charge in [0.15, 0.2) is 0 Å². The predicted octanol–water partition coefficient (Wildman–Crippen LogP) is 2.15. The molecule has 1 heterocycles. The molecule has 15 heavy (non-hydrogen) atoms. The number of rotatable bonds is 3. The maximum atomic E-state index is 5.52. The molecule has 2 aromatic rings. The Morgan fingerprint density at radius 1 is 1.20 bits per heavy atom. The van der Waals surface area contributed by atoms with Crippen molar-refractivity contribution in [3.63, 3.8) is 0 Å². The lowest BCUT2D eigenvalue weighted by Crippen LogP contribution is -2.00. The van der Waals surface area contributed by atoms with Gasteiger partial charge in [0.25, 0.3) is 0 Å². The van der Waals surface area contributed by atoms with Gasteiger partial charge in [-0.2, -0.15) is 5.10 Å². The Balaban J connectivity index is 2.11. The van der Waals surface area contributed by atoms with E-state index in [9.17, 15) is 0 Å². The molecular weight excluding hydrogens is 254 g/mol. The summed E-state index contributed by atoms with van der Waals surface area (Å²) in [4.78, 5) is 0. The zero-order chi connectivity index (χ0) is 10.7. The van der Waals surface area contributed by atoms with E-state index in [-0.39, 0.29) is 0 Å². The smallest absolute Gasteiger partial charge is 0.0659 e. The van der Waals surface area contributed by atoms with Gasteiger partial charge in [0.05, 0.1) is 12.7 Å². The van der Waals surface area contributed by atoms with E-state index >= 15 is 0 Å². The molecular formula is C11H12BrN3. The summed E-state index contributed by atoms with van der Waals surface area (Å²) in [6.45, 7) is 1.33. The van der Waals surface area contributed by atoms with Crippen molar-refractivity contribution < 1.29 is 0 Å². The predicted molar refractivity (Wildman–Crippen MR) is 63.4 cm³/mol. The van der Waals surface area contributed by atoms with Gasteiger partial charge < -0.3 is 5.73 Å². The maximum absolute atomic E-state index is 5.52. The van der Waals surface area contributed by atoms with Gasteiger partial charge in [-0.25, -0.2) is 0 Å². The molecule has 3 nitrogen and oxygen atoms in total. The highest BCUT2D eigenvalue weighted by atomic mass is 79.9. The molecule has 0 bridgehead atoms. The Bertz CT molecular complexity index is 433. The van der Waals surface area contributed by atoms with Crippen molar-refractivity contribution in [2.75, 3.05) is 0 Å². The van der Waals surface area contributed by atoms with Crippen molar-refractivity contribution in [2.45, 2.75) is 13.1 Å². The molecule has 0 spiro atoms. The van der Waals surface area contributed by atoms with E-state index < -0.39 is 0 Å². The van der Waals surface area contributed by atoms with Gasteiger partial charge in [0.1, 0.15) is 0 Å². The largest absolute Gasteiger partial charge is 0.326 e. The molecule has 0 aliphatic rings. The SMILES string of the molecule is NCc1cnn(Cc2ccc(Br)cc2)c1. The normalized spacial score (nSPS) is 10.5. The van der Waals surface area contributed by atoms with Crippen molar-refractivity contribution in [3.8, 4) is 0 Å². The van der Waals surface area contributed by atoms with Gasteiger partial charge in [-0.3, -0.25) is 4.68 Å². The van der Waals surface area contributed by atoms with E-state index in [1.807, 2.05) is 23.0 Å². The van der Waals surface area contributed by atoms with E-state index in [0.717, 1.165) is 16.6 Å². The number of aromatic nitrogens is 2. The number of hydrogen-bond acceptors (Lipinski definition) is 2. The van der Waals surface area contributed by atoms with Gasteiger partial charge in [-0.05, 0) is 17.7 Å². The van der Waals surface area contributed by atoms with Gasteiger partial charge >= 0.3 is 0 Å². The first-order valence-electron chi connectivity index (χ1n) is 4.74. The number of hydrogen-bond donors (Lipinski definition) is 1. The van der Waals surface area contributed by atoms with Crippen LogP contribution < -0.4 is 5.73 Å². The summed E-state index contributed by atoms with van der Waals surface area (Å²) in [7, 11) is 0. The van der Waals surface area contributed by atoms with Crippen LogP contribution in [0.15, 0.2) is 41.1 Å². The van der Waals surface area contributed by atoms with E-state index in [1.165, 1.54) is 5.56 Å². The fourth-order valence-electron chi connectivity index (χ4n) is 1.38. The van der Waals surface area contributed by atoms with Crippen LogP contribution in [-0.4, -0.2) is 9.78 Å². The van der Waals surface area contributed by atoms with Crippen LogP contribution in [0.2, 0.25) is 0 Å². The fourth-order valence-corrected chi connectivity index (χ4v) is 1.64. The quantitative estimate of drug-likeness (QED) is 0.925. The Morgan fingerprint density at radius 3 is 2.53 bits per heavy atom. The van der Waals surface area contributed by atoms with Crippen LogP contribution in [0.3, 0.4) is 0 Å². The van der Waals surface area contributed by atoms with E-state index in [0.29, 0.717) is 6.54 Å². The molecule has 0 aliphatic carbocycles. The minimum atomic E-state index is 0.542. The molecule has 0 saturated heterocycles. The molecule has 78 valence electrons. The summed E-state index contributed by atoms with van der Waals surface area (Å²) < 4.78 is 2.99. The topological polar surface area (TPSA) is 43.8 Å². The zero-order valence-electron chi connectivity index (χ0n) is 8.23. The van der Waals surface area contributed by atoms with Crippen LogP contribution in [0.5, 0.6) is 0 Å². The van der Waals surface area contributed by atoms with E-state index in [4.69, 9.17) is 5.73 Å². The Hall–Kier alpha value is -1.13. The molecule has 0 aliphatic heterocycles. The third-order valence-electron chi connectivity index (χ3n) is 2.18. The first-order chi connectivity index (χ1) is 7.28. The number of halogens is 1. The van der Waals surface area contributed by atoms with Gasteiger partial charge in [0, 0.05) is 22.8 Å². The van der Waals surface area contributed by atoms with Crippen molar-refractivity contribution in [1.29, 1.82) is 0 Å². The lowest BCUT2D eigenvalue weighted by molar-refractivity contribution is 0.686. The van der Waals surface area contributed by atoms with Crippen molar-refractivity contribution in [3.05, 3.63) is 52.3 Å². The van der Waals surface area contributed by atoms with Crippen molar-refractivity contribution >= 4 is 15.9 Å². The Morgan fingerprint density at radius 2 is 1.93 bits per heavy atom. The summed E-state index contributed by atoms with van der Waals surface area (Å²) in [5, 5.41) is 4.23.